The van der Waals surface area contributed by atoms with Crippen molar-refractivity contribution in [1.29, 1.82) is 0 Å². The third-order valence-corrected chi connectivity index (χ3v) is 6.82. The quantitative estimate of drug-likeness (QED) is 0.630. The minimum Gasteiger partial charge on any atom is -0.480 e. The van der Waals surface area contributed by atoms with Crippen molar-refractivity contribution in [2.75, 3.05) is 27.0 Å². The van der Waals surface area contributed by atoms with Gasteiger partial charge in [-0.05, 0) is 22.3 Å². The number of amides is 1. The molecule has 0 saturated carbocycles. The van der Waals surface area contributed by atoms with Crippen LogP contribution in [0, 0.1) is 0 Å². The van der Waals surface area contributed by atoms with Crippen LogP contribution < -0.4 is 5.32 Å². The first-order chi connectivity index (χ1) is 13.9. The summed E-state index contributed by atoms with van der Waals surface area (Å²) in [6.07, 6.45) is -1.43. The SMILES string of the molecule is COP(=O)(C[C@H](NC(=O)OCC1c2ccccc2-c2ccccc21)C(=O)O)OC. The van der Waals surface area contributed by atoms with Crippen molar-refractivity contribution in [3.8, 4) is 11.1 Å². The summed E-state index contributed by atoms with van der Waals surface area (Å²) in [5, 5.41) is 11.5. The lowest BCUT2D eigenvalue weighted by molar-refractivity contribution is -0.138. The van der Waals surface area contributed by atoms with Gasteiger partial charge in [0.25, 0.3) is 0 Å². The molecule has 0 spiro atoms. The van der Waals surface area contributed by atoms with Crippen LogP contribution in [0.4, 0.5) is 4.79 Å². The predicted molar refractivity (Wildman–Crippen MR) is 106 cm³/mol. The predicted octanol–water partition coefficient (Wildman–Crippen LogP) is 3.46. The van der Waals surface area contributed by atoms with Crippen molar-refractivity contribution >= 4 is 19.7 Å². The van der Waals surface area contributed by atoms with Gasteiger partial charge in [0.05, 0.1) is 6.16 Å². The van der Waals surface area contributed by atoms with Crippen molar-refractivity contribution < 1.29 is 33.0 Å². The van der Waals surface area contributed by atoms with Crippen molar-refractivity contribution in [3.63, 3.8) is 0 Å². The number of carboxylic acids is 1. The van der Waals surface area contributed by atoms with E-state index in [0.29, 0.717) is 0 Å². The Kier molecular flexibility index (Phi) is 6.37. The van der Waals surface area contributed by atoms with E-state index in [0.717, 1.165) is 36.5 Å². The average molecular weight is 419 g/mol. The number of nitrogens with one attached hydrogen (secondary N) is 1. The molecule has 1 aliphatic rings. The molecule has 0 radical (unpaired) electrons. The van der Waals surface area contributed by atoms with Gasteiger partial charge in [0.15, 0.2) is 0 Å². The molecule has 8 nitrogen and oxygen atoms in total. The van der Waals surface area contributed by atoms with Gasteiger partial charge >= 0.3 is 19.7 Å². The highest BCUT2D eigenvalue weighted by molar-refractivity contribution is 7.53. The van der Waals surface area contributed by atoms with E-state index >= 15 is 0 Å². The number of rotatable bonds is 8. The van der Waals surface area contributed by atoms with E-state index in [9.17, 15) is 19.3 Å². The first kappa shape index (κ1) is 21.0. The third-order valence-electron chi connectivity index (χ3n) is 4.90. The van der Waals surface area contributed by atoms with Crippen LogP contribution in [-0.4, -0.2) is 50.2 Å². The van der Waals surface area contributed by atoms with E-state index in [1.165, 1.54) is 0 Å². The molecule has 2 N–H and O–H groups in total. The van der Waals surface area contributed by atoms with Gasteiger partial charge in [-0.2, -0.15) is 0 Å². The summed E-state index contributed by atoms with van der Waals surface area (Å²) < 4.78 is 27.0. The summed E-state index contributed by atoms with van der Waals surface area (Å²) in [5.41, 5.74) is 4.25. The maximum absolute atomic E-state index is 12.2. The average Bonchev–Trinajstić information content (AvgIpc) is 3.05. The molecule has 0 heterocycles. The molecule has 0 saturated heterocycles. The zero-order chi connectivity index (χ0) is 21.0. The molecule has 2 aromatic rings. The highest BCUT2D eigenvalue weighted by Crippen LogP contribution is 2.47. The van der Waals surface area contributed by atoms with E-state index in [-0.39, 0.29) is 12.5 Å². The van der Waals surface area contributed by atoms with E-state index in [1.807, 2.05) is 48.5 Å². The topological polar surface area (TPSA) is 111 Å². The molecule has 0 aliphatic heterocycles. The van der Waals surface area contributed by atoms with Crippen molar-refractivity contribution in [1.82, 2.24) is 5.32 Å². The number of alkyl carbamates (subject to hydrolysis) is 1. The van der Waals surface area contributed by atoms with Crippen LogP contribution >= 0.6 is 7.60 Å². The van der Waals surface area contributed by atoms with E-state index in [4.69, 9.17) is 13.8 Å². The Morgan fingerprint density at radius 2 is 1.55 bits per heavy atom. The van der Waals surface area contributed by atoms with Crippen molar-refractivity contribution in [2.24, 2.45) is 0 Å². The summed E-state index contributed by atoms with van der Waals surface area (Å²) >= 11 is 0. The molecular weight excluding hydrogens is 397 g/mol. The number of benzene rings is 2. The van der Waals surface area contributed by atoms with Gasteiger partial charge in [0.2, 0.25) is 0 Å². The number of ether oxygens (including phenoxy) is 1. The lowest BCUT2D eigenvalue weighted by atomic mass is 9.98. The molecule has 9 heteroatoms. The zero-order valence-electron chi connectivity index (χ0n) is 16.0. The lowest BCUT2D eigenvalue weighted by Gasteiger charge is -2.20. The molecule has 154 valence electrons. The molecule has 1 aliphatic carbocycles. The fraction of sp³-hybridized carbons (Fsp3) is 0.300. The van der Waals surface area contributed by atoms with Gasteiger partial charge in [-0.25, -0.2) is 9.59 Å². The second kappa shape index (κ2) is 8.78. The molecule has 2 aromatic carbocycles. The van der Waals surface area contributed by atoms with Crippen LogP contribution in [0.25, 0.3) is 11.1 Å². The van der Waals surface area contributed by atoms with Crippen LogP contribution in [-0.2, 0) is 23.1 Å². The summed E-state index contributed by atoms with van der Waals surface area (Å²) in [6.45, 7) is 0.0401. The zero-order valence-corrected chi connectivity index (χ0v) is 16.9. The Morgan fingerprint density at radius 1 is 1.03 bits per heavy atom. The Balaban J connectivity index is 1.69. The first-order valence-corrected chi connectivity index (χ1v) is 10.7. The number of carbonyl (C=O) groups excluding carboxylic acids is 1. The Labute approximate surface area is 168 Å². The molecule has 1 amide bonds. The number of carboxylic acid groups (broad SMARTS) is 1. The van der Waals surface area contributed by atoms with Crippen LogP contribution in [0.3, 0.4) is 0 Å². The standard InChI is InChI=1S/C20H22NO7P/c1-26-29(25,27-2)12-18(19(22)23)21-20(24)28-11-17-15-9-5-3-7-13(15)14-8-4-6-10-16(14)17/h3-10,17-18H,11-12H2,1-2H3,(H,21,24)(H,22,23)/t18-/m0/s1. The van der Waals surface area contributed by atoms with Crippen molar-refractivity contribution in [3.05, 3.63) is 59.7 Å². The third kappa shape index (κ3) is 4.50. The smallest absolute Gasteiger partial charge is 0.407 e. The fourth-order valence-electron chi connectivity index (χ4n) is 3.42. The van der Waals surface area contributed by atoms with Crippen LogP contribution in [0.1, 0.15) is 17.0 Å². The van der Waals surface area contributed by atoms with Crippen LogP contribution in [0.5, 0.6) is 0 Å². The Hall–Kier alpha value is -2.67. The molecule has 29 heavy (non-hydrogen) atoms. The number of hydrogen-bond donors (Lipinski definition) is 2. The van der Waals surface area contributed by atoms with Crippen LogP contribution in [0.2, 0.25) is 0 Å². The van der Waals surface area contributed by atoms with Gasteiger partial charge in [-0.15, -0.1) is 0 Å². The van der Waals surface area contributed by atoms with Gasteiger partial charge in [0.1, 0.15) is 12.6 Å². The Morgan fingerprint density at radius 3 is 2.03 bits per heavy atom. The largest absolute Gasteiger partial charge is 0.480 e. The molecule has 0 unspecified atom stereocenters. The summed E-state index contributed by atoms with van der Waals surface area (Å²) in [6, 6.07) is 14.3. The maximum atomic E-state index is 12.2. The molecule has 0 bridgehead atoms. The van der Waals surface area contributed by atoms with E-state index in [1.54, 1.807) is 0 Å². The van der Waals surface area contributed by atoms with Gasteiger partial charge in [-0.3, -0.25) is 4.57 Å². The number of aliphatic carboxylic acids is 1. The normalized spacial score (nSPS) is 14.0. The molecule has 1 atom stereocenters. The first-order valence-electron chi connectivity index (χ1n) is 8.93. The summed E-state index contributed by atoms with van der Waals surface area (Å²) in [5.74, 6) is -1.52. The van der Waals surface area contributed by atoms with Crippen LogP contribution in [0.15, 0.2) is 48.5 Å². The monoisotopic (exact) mass is 419 g/mol. The summed E-state index contributed by atoms with van der Waals surface area (Å²) in [4.78, 5) is 23.7. The van der Waals surface area contributed by atoms with Gasteiger partial charge < -0.3 is 24.2 Å². The summed E-state index contributed by atoms with van der Waals surface area (Å²) in [7, 11) is -1.33. The fourth-order valence-corrected chi connectivity index (χ4v) is 4.56. The number of fused-ring (bicyclic) bond motifs is 3. The highest BCUT2D eigenvalue weighted by atomic mass is 31.2. The lowest BCUT2D eigenvalue weighted by Crippen LogP contribution is -2.44. The molecular formula is C20H22NO7P. The second-order valence-electron chi connectivity index (χ2n) is 6.52. The van der Waals surface area contributed by atoms with Gasteiger partial charge in [-0.1, -0.05) is 48.5 Å². The molecule has 3 rings (SSSR count). The highest BCUT2D eigenvalue weighted by Gasteiger charge is 2.33. The Bertz CT molecular complexity index is 908. The molecule has 0 aromatic heterocycles. The van der Waals surface area contributed by atoms with E-state index < -0.39 is 31.9 Å². The van der Waals surface area contributed by atoms with Crippen molar-refractivity contribution in [2.45, 2.75) is 12.0 Å². The van der Waals surface area contributed by atoms with Gasteiger partial charge in [0, 0.05) is 20.1 Å². The molecule has 0 fully saturated rings. The minimum atomic E-state index is -3.63. The second-order valence-corrected chi connectivity index (χ2v) is 8.84. The van der Waals surface area contributed by atoms with E-state index in [2.05, 4.69) is 5.32 Å². The number of hydrogen-bond acceptors (Lipinski definition) is 6. The minimum absolute atomic E-state index is 0.0401. The number of carbonyl (C=O) groups is 2. The maximum Gasteiger partial charge on any atom is 0.407 e.